The molecule has 3 rings (SSSR count). The predicted molar refractivity (Wildman–Crippen MR) is 121 cm³/mol. The van der Waals surface area contributed by atoms with Crippen molar-refractivity contribution < 1.29 is 33.8 Å². The second-order valence-electron chi connectivity index (χ2n) is 7.04. The Morgan fingerprint density at radius 3 is 2.55 bits per heavy atom. The molecular weight excluding hydrogens is 450 g/mol. The summed E-state index contributed by atoms with van der Waals surface area (Å²) < 4.78 is 10.2. The van der Waals surface area contributed by atoms with Crippen LogP contribution in [0.1, 0.15) is 46.1 Å². The number of aryl methyl sites for hydroxylation is 1. The van der Waals surface area contributed by atoms with Crippen LogP contribution in [-0.4, -0.2) is 48.3 Å². The van der Waals surface area contributed by atoms with E-state index >= 15 is 0 Å². The molecule has 0 bridgehead atoms. The summed E-state index contributed by atoms with van der Waals surface area (Å²) in [5.41, 5.74) is 3.94. The fourth-order valence-corrected chi connectivity index (χ4v) is 4.52. The Balaban J connectivity index is 1.61. The summed E-state index contributed by atoms with van der Waals surface area (Å²) in [6.45, 7) is 1.46. The third-order valence-electron chi connectivity index (χ3n) is 4.71. The number of carbonyl (C=O) groups excluding carboxylic acids is 3. The molecule has 0 saturated heterocycles. The van der Waals surface area contributed by atoms with Gasteiger partial charge in [-0.15, -0.1) is 11.3 Å². The molecule has 1 aliphatic carbocycles. The Bertz CT molecular complexity index is 1080. The summed E-state index contributed by atoms with van der Waals surface area (Å²) >= 11 is 1.29. The first-order chi connectivity index (χ1) is 15.9. The van der Waals surface area contributed by atoms with Crippen molar-refractivity contribution in [2.75, 3.05) is 18.5 Å². The number of amides is 2. The number of anilines is 1. The number of nitrogens with one attached hydrogen (secondary N) is 2. The number of ether oxygens (including phenoxy) is 2. The summed E-state index contributed by atoms with van der Waals surface area (Å²) in [6.07, 6.45) is 4.82. The fourth-order valence-electron chi connectivity index (χ4n) is 3.24. The lowest BCUT2D eigenvalue weighted by molar-refractivity contribution is -0.139. The lowest BCUT2D eigenvalue weighted by Gasteiger charge is -2.12. The number of esters is 1. The van der Waals surface area contributed by atoms with Gasteiger partial charge in [-0.1, -0.05) is 0 Å². The van der Waals surface area contributed by atoms with E-state index in [0.717, 1.165) is 36.1 Å². The van der Waals surface area contributed by atoms with Gasteiger partial charge in [0.25, 0.3) is 0 Å². The summed E-state index contributed by atoms with van der Waals surface area (Å²) in [6, 6.07) is 6.31. The highest BCUT2D eigenvalue weighted by atomic mass is 32.1. The van der Waals surface area contributed by atoms with E-state index in [1.54, 1.807) is 31.2 Å². The lowest BCUT2D eigenvalue weighted by Crippen LogP contribution is -2.32. The van der Waals surface area contributed by atoms with E-state index in [-0.39, 0.29) is 6.61 Å². The molecule has 10 nitrogen and oxygen atoms in total. The van der Waals surface area contributed by atoms with Gasteiger partial charge >= 0.3 is 23.8 Å². The molecule has 174 valence electrons. The van der Waals surface area contributed by atoms with Crippen molar-refractivity contribution in [1.82, 2.24) is 5.43 Å². The van der Waals surface area contributed by atoms with Crippen LogP contribution in [0, 0.1) is 0 Å². The number of rotatable bonds is 8. The third kappa shape index (κ3) is 6.39. The molecule has 3 N–H and O–H groups in total. The molecule has 1 aliphatic rings. The number of hydrazone groups is 1. The second-order valence-corrected chi connectivity index (χ2v) is 8.15. The van der Waals surface area contributed by atoms with Crippen LogP contribution in [0.4, 0.5) is 5.00 Å². The topological polar surface area (TPSA) is 143 Å². The van der Waals surface area contributed by atoms with E-state index in [9.17, 15) is 19.2 Å². The standard InChI is InChI=1S/C22H23N3O7S/c1-2-31-22(30)18-15-5-3-4-6-16(15)33-21(18)24-19(28)20(29)25-23-11-13-7-9-14(10-8-13)32-12-17(26)27/h7-11H,2-6,12H2,1H3,(H,24,28)(H,25,29)(H,26,27)/b23-11+. The van der Waals surface area contributed by atoms with Crippen molar-refractivity contribution in [2.24, 2.45) is 5.10 Å². The number of benzene rings is 1. The number of aliphatic carboxylic acids is 1. The second kappa shape index (κ2) is 11.2. The number of carbonyl (C=O) groups is 4. The van der Waals surface area contributed by atoms with Gasteiger partial charge in [0.2, 0.25) is 0 Å². The van der Waals surface area contributed by atoms with Crippen molar-refractivity contribution in [3.05, 3.63) is 45.8 Å². The van der Waals surface area contributed by atoms with Gasteiger partial charge in [-0.25, -0.2) is 15.0 Å². The molecule has 2 aromatic rings. The van der Waals surface area contributed by atoms with Crippen molar-refractivity contribution >= 4 is 46.3 Å². The fraction of sp³-hybridized carbons (Fsp3) is 0.318. The highest BCUT2D eigenvalue weighted by Gasteiger charge is 2.28. The van der Waals surface area contributed by atoms with E-state index in [0.29, 0.717) is 21.9 Å². The van der Waals surface area contributed by atoms with Crippen LogP contribution in [0.5, 0.6) is 5.75 Å². The molecule has 1 aromatic carbocycles. The van der Waals surface area contributed by atoms with Crippen LogP contribution < -0.4 is 15.5 Å². The molecule has 0 unspecified atom stereocenters. The number of hydrogen-bond donors (Lipinski definition) is 3. The van der Waals surface area contributed by atoms with Gasteiger partial charge in [0.1, 0.15) is 10.8 Å². The van der Waals surface area contributed by atoms with Crippen LogP contribution in [0.2, 0.25) is 0 Å². The van der Waals surface area contributed by atoms with Gasteiger partial charge in [0.05, 0.1) is 18.4 Å². The van der Waals surface area contributed by atoms with E-state index in [1.807, 2.05) is 0 Å². The zero-order chi connectivity index (χ0) is 23.8. The smallest absolute Gasteiger partial charge is 0.341 e. The Kier molecular flexibility index (Phi) is 8.14. The molecule has 1 heterocycles. The Morgan fingerprint density at radius 2 is 1.85 bits per heavy atom. The molecule has 2 amide bonds. The van der Waals surface area contributed by atoms with Crippen LogP contribution >= 0.6 is 11.3 Å². The first-order valence-corrected chi connectivity index (χ1v) is 11.1. The molecule has 0 atom stereocenters. The van der Waals surface area contributed by atoms with Gasteiger partial charge < -0.3 is 19.9 Å². The highest BCUT2D eigenvalue weighted by molar-refractivity contribution is 7.17. The summed E-state index contributed by atoms with van der Waals surface area (Å²) in [4.78, 5) is 48.5. The number of hydrogen-bond acceptors (Lipinski definition) is 8. The van der Waals surface area contributed by atoms with E-state index in [2.05, 4.69) is 15.8 Å². The number of thiophene rings is 1. The predicted octanol–water partition coefficient (Wildman–Crippen LogP) is 2.36. The minimum atomic E-state index is -1.08. The maximum absolute atomic E-state index is 12.4. The van der Waals surface area contributed by atoms with Gasteiger partial charge in [0, 0.05) is 4.88 Å². The van der Waals surface area contributed by atoms with Gasteiger partial charge in [0.15, 0.2) is 6.61 Å². The quantitative estimate of drug-likeness (QED) is 0.231. The number of carboxylic acids is 1. The Labute approximate surface area is 193 Å². The summed E-state index contributed by atoms with van der Waals surface area (Å²) in [5.74, 6) is -3.17. The van der Waals surface area contributed by atoms with Gasteiger partial charge in [-0.05, 0) is 68.0 Å². The molecule has 33 heavy (non-hydrogen) atoms. The van der Waals surface area contributed by atoms with E-state index < -0.39 is 30.4 Å². The van der Waals surface area contributed by atoms with Gasteiger partial charge in [-0.3, -0.25) is 9.59 Å². The zero-order valence-electron chi connectivity index (χ0n) is 17.9. The third-order valence-corrected chi connectivity index (χ3v) is 5.91. The highest BCUT2D eigenvalue weighted by Crippen LogP contribution is 2.38. The normalized spacial score (nSPS) is 12.6. The number of carboxylic acid groups (broad SMARTS) is 1. The molecule has 0 fully saturated rings. The minimum absolute atomic E-state index is 0.207. The van der Waals surface area contributed by atoms with Crippen LogP contribution in [0.3, 0.4) is 0 Å². The van der Waals surface area contributed by atoms with Crippen molar-refractivity contribution in [3.63, 3.8) is 0 Å². The zero-order valence-corrected chi connectivity index (χ0v) is 18.7. The van der Waals surface area contributed by atoms with Crippen LogP contribution in [0.25, 0.3) is 0 Å². The lowest BCUT2D eigenvalue weighted by atomic mass is 9.95. The monoisotopic (exact) mass is 473 g/mol. The van der Waals surface area contributed by atoms with Gasteiger partial charge in [-0.2, -0.15) is 5.10 Å². The van der Waals surface area contributed by atoms with Crippen LogP contribution in [0.15, 0.2) is 29.4 Å². The molecule has 11 heteroatoms. The molecular formula is C22H23N3O7S. The van der Waals surface area contributed by atoms with Crippen molar-refractivity contribution in [3.8, 4) is 5.75 Å². The molecule has 0 radical (unpaired) electrons. The first kappa shape index (κ1) is 23.9. The van der Waals surface area contributed by atoms with E-state index in [1.165, 1.54) is 17.6 Å². The number of fused-ring (bicyclic) bond motifs is 1. The van der Waals surface area contributed by atoms with Crippen LogP contribution in [-0.2, 0) is 32.0 Å². The maximum Gasteiger partial charge on any atom is 0.341 e. The molecule has 1 aromatic heterocycles. The Hall–Kier alpha value is -3.73. The number of nitrogens with zero attached hydrogens (tertiary/aromatic N) is 1. The average molecular weight is 474 g/mol. The maximum atomic E-state index is 12.4. The Morgan fingerprint density at radius 1 is 1.12 bits per heavy atom. The molecule has 0 saturated carbocycles. The van der Waals surface area contributed by atoms with E-state index in [4.69, 9.17) is 14.6 Å². The first-order valence-electron chi connectivity index (χ1n) is 10.3. The summed E-state index contributed by atoms with van der Waals surface area (Å²) in [5, 5.41) is 15.2. The molecule has 0 aliphatic heterocycles. The van der Waals surface area contributed by atoms with Crippen molar-refractivity contribution in [1.29, 1.82) is 0 Å². The summed E-state index contributed by atoms with van der Waals surface area (Å²) in [7, 11) is 0. The average Bonchev–Trinajstić information content (AvgIpc) is 3.16. The SMILES string of the molecule is CCOC(=O)c1c(NC(=O)C(=O)N/N=C/c2ccc(OCC(=O)O)cc2)sc2c1CCCC2. The largest absolute Gasteiger partial charge is 0.482 e. The molecule has 0 spiro atoms. The van der Waals surface area contributed by atoms with Crippen molar-refractivity contribution in [2.45, 2.75) is 32.6 Å². The minimum Gasteiger partial charge on any atom is -0.482 e.